The Balaban J connectivity index is 2.09. The van der Waals surface area contributed by atoms with Crippen molar-refractivity contribution in [3.63, 3.8) is 0 Å². The highest BCUT2D eigenvalue weighted by Gasteiger charge is 2.11. The van der Waals surface area contributed by atoms with Crippen LogP contribution >= 0.6 is 0 Å². The molecule has 11 heavy (non-hydrogen) atoms. The number of hydrogen-bond donors (Lipinski definition) is 0. The smallest absolute Gasteiger partial charge is 0.177 e. The molecule has 0 aromatic carbocycles. The number of hydrogen-bond acceptors (Lipinski definition) is 2. The second-order valence-corrected chi connectivity index (χ2v) is 2.78. The lowest BCUT2D eigenvalue weighted by molar-refractivity contribution is 0.180. The van der Waals surface area contributed by atoms with Crippen LogP contribution in [0.1, 0.15) is 25.7 Å². The van der Waals surface area contributed by atoms with E-state index in [0.717, 1.165) is 0 Å². The summed E-state index contributed by atoms with van der Waals surface area (Å²) in [6.07, 6.45) is 12.0. The van der Waals surface area contributed by atoms with Crippen molar-refractivity contribution in [3.05, 3.63) is 0 Å². The molecule has 0 spiro atoms. The van der Waals surface area contributed by atoms with E-state index in [4.69, 9.17) is 11.3 Å². The van der Waals surface area contributed by atoms with Gasteiger partial charge in [-0.1, -0.05) is 23.9 Å². The molecule has 2 heteroatoms. The van der Waals surface area contributed by atoms with Crippen LogP contribution in [0, 0.1) is 18.3 Å². The van der Waals surface area contributed by atoms with Gasteiger partial charge < -0.3 is 4.84 Å². The molecule has 0 aliphatic heterocycles. The minimum atomic E-state index is 0.281. The van der Waals surface area contributed by atoms with E-state index < -0.39 is 0 Å². The van der Waals surface area contributed by atoms with Crippen molar-refractivity contribution in [1.29, 1.82) is 0 Å². The normalized spacial score (nSPS) is 18.8. The molecule has 0 amide bonds. The molecule has 0 heterocycles. The van der Waals surface area contributed by atoms with E-state index in [1.165, 1.54) is 25.7 Å². The molecule has 1 fully saturated rings. The highest BCUT2D eigenvalue weighted by Crippen LogP contribution is 2.22. The van der Waals surface area contributed by atoms with Crippen molar-refractivity contribution in [2.75, 3.05) is 6.61 Å². The van der Waals surface area contributed by atoms with Crippen LogP contribution in [0.3, 0.4) is 0 Å². The number of nitrogens with zero attached hydrogens (tertiary/aromatic N) is 1. The summed E-state index contributed by atoms with van der Waals surface area (Å²) in [6, 6.07) is 0. The maximum Gasteiger partial charge on any atom is 0.177 e. The summed E-state index contributed by atoms with van der Waals surface area (Å²) >= 11 is 0. The van der Waals surface area contributed by atoms with Crippen LogP contribution in [0.4, 0.5) is 0 Å². The summed E-state index contributed by atoms with van der Waals surface area (Å²) in [4.78, 5) is 4.78. The first-order valence-electron chi connectivity index (χ1n) is 4.02. The molecule has 0 aromatic rings. The lowest BCUT2D eigenvalue weighted by Crippen LogP contribution is -1.94. The molecule has 60 valence electrons. The van der Waals surface area contributed by atoms with Gasteiger partial charge in [-0.3, -0.25) is 0 Å². The molecule has 1 saturated carbocycles. The lowest BCUT2D eigenvalue weighted by Gasteiger charge is -1.97. The first-order chi connectivity index (χ1) is 5.43. The van der Waals surface area contributed by atoms with Crippen molar-refractivity contribution >= 4 is 6.21 Å². The molecule has 2 nitrogen and oxygen atoms in total. The van der Waals surface area contributed by atoms with Crippen LogP contribution in [-0.4, -0.2) is 12.8 Å². The minimum Gasteiger partial charge on any atom is -0.383 e. The van der Waals surface area contributed by atoms with Crippen LogP contribution < -0.4 is 0 Å². The second kappa shape index (κ2) is 4.79. The van der Waals surface area contributed by atoms with E-state index in [1.807, 2.05) is 6.21 Å². The Morgan fingerprint density at radius 1 is 1.55 bits per heavy atom. The van der Waals surface area contributed by atoms with E-state index >= 15 is 0 Å². The summed E-state index contributed by atoms with van der Waals surface area (Å²) in [5.74, 6) is 2.99. The van der Waals surface area contributed by atoms with Gasteiger partial charge in [0.25, 0.3) is 0 Å². The summed E-state index contributed by atoms with van der Waals surface area (Å²) in [7, 11) is 0. The number of oxime groups is 1. The summed E-state index contributed by atoms with van der Waals surface area (Å²) in [6.45, 7) is 0.281. The van der Waals surface area contributed by atoms with Gasteiger partial charge in [-0.05, 0) is 18.8 Å². The summed E-state index contributed by atoms with van der Waals surface area (Å²) in [5.41, 5.74) is 0. The number of terminal acetylenes is 1. The van der Waals surface area contributed by atoms with Crippen molar-refractivity contribution in [1.82, 2.24) is 0 Å². The Bertz CT molecular complexity index is 163. The summed E-state index contributed by atoms with van der Waals surface area (Å²) < 4.78 is 0. The lowest BCUT2D eigenvalue weighted by atomic mass is 10.1. The van der Waals surface area contributed by atoms with Gasteiger partial charge in [0.1, 0.15) is 0 Å². The molecule has 0 bridgehead atoms. The third-order valence-electron chi connectivity index (χ3n) is 1.89. The molecular formula is C9H13NO. The predicted octanol–water partition coefficient (Wildman–Crippen LogP) is 1.81. The molecule has 0 aromatic heterocycles. The molecule has 1 aliphatic carbocycles. The third-order valence-corrected chi connectivity index (χ3v) is 1.89. The molecule has 0 saturated heterocycles. The van der Waals surface area contributed by atoms with E-state index in [1.54, 1.807) is 0 Å². The van der Waals surface area contributed by atoms with Crippen molar-refractivity contribution < 1.29 is 4.84 Å². The maximum absolute atomic E-state index is 4.97. The van der Waals surface area contributed by atoms with Gasteiger partial charge in [-0.15, -0.1) is 6.42 Å². The highest BCUT2D eigenvalue weighted by atomic mass is 16.6. The van der Waals surface area contributed by atoms with Crippen molar-refractivity contribution in [3.8, 4) is 12.3 Å². The van der Waals surface area contributed by atoms with Gasteiger partial charge >= 0.3 is 0 Å². The van der Waals surface area contributed by atoms with Crippen molar-refractivity contribution in [2.45, 2.75) is 25.7 Å². The molecule has 1 rings (SSSR count). The van der Waals surface area contributed by atoms with Gasteiger partial charge in [0.15, 0.2) is 6.61 Å². The zero-order valence-corrected chi connectivity index (χ0v) is 6.62. The fourth-order valence-electron chi connectivity index (χ4n) is 1.31. The van der Waals surface area contributed by atoms with Crippen LogP contribution in [0.25, 0.3) is 0 Å². The van der Waals surface area contributed by atoms with E-state index in [-0.39, 0.29) is 6.61 Å². The van der Waals surface area contributed by atoms with Gasteiger partial charge in [-0.2, -0.15) is 0 Å². The predicted molar refractivity (Wildman–Crippen MR) is 45.2 cm³/mol. The second-order valence-electron chi connectivity index (χ2n) is 2.78. The zero-order chi connectivity index (χ0) is 7.94. The van der Waals surface area contributed by atoms with Crippen LogP contribution in [0.2, 0.25) is 0 Å². The monoisotopic (exact) mass is 151 g/mol. The Kier molecular flexibility index (Phi) is 3.54. The molecule has 0 unspecified atom stereocenters. The SMILES string of the molecule is C#CCO/N=C/C1CCCC1. The van der Waals surface area contributed by atoms with Crippen LogP contribution in [0.15, 0.2) is 5.16 Å². The van der Waals surface area contributed by atoms with Crippen LogP contribution in [-0.2, 0) is 4.84 Å². The maximum atomic E-state index is 4.97. The zero-order valence-electron chi connectivity index (χ0n) is 6.62. The first-order valence-corrected chi connectivity index (χ1v) is 4.02. The third kappa shape index (κ3) is 3.08. The summed E-state index contributed by atoms with van der Waals surface area (Å²) in [5, 5.41) is 3.78. The Hall–Kier alpha value is -0.970. The van der Waals surface area contributed by atoms with E-state index in [9.17, 15) is 0 Å². The van der Waals surface area contributed by atoms with Gasteiger partial charge in [0.2, 0.25) is 0 Å². The van der Waals surface area contributed by atoms with Crippen LogP contribution in [0.5, 0.6) is 0 Å². The average molecular weight is 151 g/mol. The van der Waals surface area contributed by atoms with Gasteiger partial charge in [0.05, 0.1) is 0 Å². The van der Waals surface area contributed by atoms with E-state index in [2.05, 4.69) is 11.1 Å². The quantitative estimate of drug-likeness (QED) is 0.261. The number of rotatable bonds is 3. The topological polar surface area (TPSA) is 21.6 Å². The fourth-order valence-corrected chi connectivity index (χ4v) is 1.31. The largest absolute Gasteiger partial charge is 0.383 e. The molecule has 0 N–H and O–H groups in total. The van der Waals surface area contributed by atoms with Gasteiger partial charge in [0, 0.05) is 6.21 Å². The fraction of sp³-hybridized carbons (Fsp3) is 0.667. The Labute approximate surface area is 67.6 Å². The Morgan fingerprint density at radius 2 is 2.27 bits per heavy atom. The standard InChI is InChI=1S/C9H13NO/c1-2-7-11-10-8-9-5-3-4-6-9/h1,8-9H,3-7H2/b10-8+. The molecular weight excluding hydrogens is 138 g/mol. The molecule has 1 aliphatic rings. The van der Waals surface area contributed by atoms with Gasteiger partial charge in [-0.25, -0.2) is 0 Å². The molecule has 0 atom stereocenters. The first kappa shape index (κ1) is 8.13. The Morgan fingerprint density at radius 3 is 2.91 bits per heavy atom. The minimum absolute atomic E-state index is 0.281. The van der Waals surface area contributed by atoms with Crippen molar-refractivity contribution in [2.24, 2.45) is 11.1 Å². The van der Waals surface area contributed by atoms with E-state index in [0.29, 0.717) is 5.92 Å². The average Bonchev–Trinajstić information content (AvgIpc) is 2.50. The molecule has 0 radical (unpaired) electrons. The highest BCUT2D eigenvalue weighted by molar-refractivity contribution is 5.60.